The predicted octanol–water partition coefficient (Wildman–Crippen LogP) is 6.46. The van der Waals surface area contributed by atoms with E-state index in [0.29, 0.717) is 48.7 Å². The lowest BCUT2D eigenvalue weighted by Gasteiger charge is -2.23. The Labute approximate surface area is 274 Å². The largest absolute Gasteiger partial charge is 0.494 e. The minimum Gasteiger partial charge on any atom is -0.494 e. The van der Waals surface area contributed by atoms with Crippen molar-refractivity contribution in [1.82, 2.24) is 9.88 Å². The first kappa shape index (κ1) is 32.6. The number of carboxylic acid groups (broad SMARTS) is 1. The first-order valence-corrected chi connectivity index (χ1v) is 15.6. The molecule has 5 rings (SSSR count). The third-order valence-corrected chi connectivity index (χ3v) is 7.69. The van der Waals surface area contributed by atoms with Gasteiger partial charge in [0.15, 0.2) is 5.78 Å². The Morgan fingerprint density at radius 3 is 2.15 bits per heavy atom. The third kappa shape index (κ3) is 9.61. The number of pyridine rings is 1. The number of carbonyl (C=O) groups is 3. The summed E-state index contributed by atoms with van der Waals surface area (Å²) in [4.78, 5) is 44.5. The van der Waals surface area contributed by atoms with E-state index < -0.39 is 12.0 Å². The van der Waals surface area contributed by atoms with Gasteiger partial charge in [0.2, 0.25) is 5.91 Å². The lowest BCUT2D eigenvalue weighted by Crippen LogP contribution is -2.33. The molecule has 0 fully saturated rings. The van der Waals surface area contributed by atoms with E-state index in [9.17, 15) is 19.5 Å². The van der Waals surface area contributed by atoms with E-state index in [4.69, 9.17) is 4.74 Å². The van der Waals surface area contributed by atoms with Gasteiger partial charge < -0.3 is 20.1 Å². The molecule has 0 unspecified atom stereocenters. The van der Waals surface area contributed by atoms with Gasteiger partial charge in [-0.25, -0.2) is 4.79 Å². The minimum atomic E-state index is -1.02. The molecular formula is C39H37N3O5. The molecule has 47 heavy (non-hydrogen) atoms. The maximum atomic E-state index is 13.2. The summed E-state index contributed by atoms with van der Waals surface area (Å²) in [6.07, 6.45) is 4.53. The van der Waals surface area contributed by atoms with Crippen molar-refractivity contribution in [3.63, 3.8) is 0 Å². The summed E-state index contributed by atoms with van der Waals surface area (Å²) in [5, 5.41) is 13.1. The molecule has 0 saturated carbocycles. The molecule has 1 atom stereocenters. The summed E-state index contributed by atoms with van der Waals surface area (Å²) in [5.74, 6) is -0.519. The van der Waals surface area contributed by atoms with Gasteiger partial charge in [-0.3, -0.25) is 14.6 Å². The number of nitrogens with zero attached hydrogens (tertiary/aromatic N) is 2. The van der Waals surface area contributed by atoms with E-state index in [1.54, 1.807) is 60.9 Å². The summed E-state index contributed by atoms with van der Waals surface area (Å²) in [6.45, 7) is 1.46. The quantitative estimate of drug-likeness (QED) is 0.0955. The molecule has 0 spiro atoms. The molecule has 238 valence electrons. The summed E-state index contributed by atoms with van der Waals surface area (Å²) in [5.41, 5.74) is 4.15. The van der Waals surface area contributed by atoms with Gasteiger partial charge in [0.1, 0.15) is 11.8 Å². The number of nitrogens with one attached hydrogen (secondary N) is 1. The van der Waals surface area contributed by atoms with Crippen LogP contribution in [-0.2, 0) is 29.0 Å². The van der Waals surface area contributed by atoms with Crippen molar-refractivity contribution < 1.29 is 24.2 Å². The van der Waals surface area contributed by atoms with Crippen LogP contribution in [-0.4, -0.2) is 51.8 Å². The van der Waals surface area contributed by atoms with Crippen molar-refractivity contribution >= 4 is 23.3 Å². The zero-order valence-electron chi connectivity index (χ0n) is 26.0. The van der Waals surface area contributed by atoms with E-state index >= 15 is 0 Å². The van der Waals surface area contributed by atoms with Gasteiger partial charge in [-0.05, 0) is 53.4 Å². The molecule has 0 saturated heterocycles. The van der Waals surface area contributed by atoms with Crippen LogP contribution in [0, 0.1) is 0 Å². The number of rotatable bonds is 16. The fourth-order valence-electron chi connectivity index (χ4n) is 5.23. The van der Waals surface area contributed by atoms with Gasteiger partial charge in [-0.1, -0.05) is 91.0 Å². The summed E-state index contributed by atoms with van der Waals surface area (Å²) in [7, 11) is 0. The van der Waals surface area contributed by atoms with E-state index in [2.05, 4.69) is 10.3 Å². The second kappa shape index (κ2) is 16.5. The molecule has 5 aromatic rings. The van der Waals surface area contributed by atoms with E-state index in [0.717, 1.165) is 16.7 Å². The van der Waals surface area contributed by atoms with E-state index in [1.807, 2.05) is 77.7 Å². The topological polar surface area (TPSA) is 109 Å². The van der Waals surface area contributed by atoms with Crippen molar-refractivity contribution in [2.24, 2.45) is 0 Å². The molecule has 1 heterocycles. The SMILES string of the molecule is O=C(c1ccccc1)c1ccccc1N[C@@H](Cc1ccc(OCCCN(Cc2ccccc2)C(=O)Cc2cccnc2)cc1)C(=O)O. The van der Waals surface area contributed by atoms with Crippen LogP contribution in [0.5, 0.6) is 5.75 Å². The Morgan fingerprint density at radius 2 is 1.45 bits per heavy atom. The van der Waals surface area contributed by atoms with Crippen LogP contribution in [0.25, 0.3) is 0 Å². The van der Waals surface area contributed by atoms with Crippen molar-refractivity contribution in [2.45, 2.75) is 31.8 Å². The number of para-hydroxylation sites is 1. The molecule has 1 amide bonds. The van der Waals surface area contributed by atoms with Gasteiger partial charge in [0, 0.05) is 48.7 Å². The highest BCUT2D eigenvalue weighted by Crippen LogP contribution is 2.22. The van der Waals surface area contributed by atoms with Crippen LogP contribution in [0.3, 0.4) is 0 Å². The molecule has 2 N–H and O–H groups in total. The number of benzene rings is 4. The van der Waals surface area contributed by atoms with Crippen molar-refractivity contribution in [3.05, 3.63) is 162 Å². The number of carboxylic acids is 1. The minimum absolute atomic E-state index is 0.0276. The second-order valence-electron chi connectivity index (χ2n) is 11.2. The van der Waals surface area contributed by atoms with E-state index in [1.165, 1.54) is 0 Å². The van der Waals surface area contributed by atoms with Gasteiger partial charge in [0.25, 0.3) is 0 Å². The number of anilines is 1. The van der Waals surface area contributed by atoms with Crippen LogP contribution < -0.4 is 10.1 Å². The number of ether oxygens (including phenoxy) is 1. The van der Waals surface area contributed by atoms with Crippen LogP contribution in [0.4, 0.5) is 5.69 Å². The molecule has 0 aliphatic rings. The summed E-state index contributed by atoms with van der Waals surface area (Å²) < 4.78 is 5.97. The lowest BCUT2D eigenvalue weighted by molar-refractivity contribution is -0.138. The molecule has 8 nitrogen and oxygen atoms in total. The third-order valence-electron chi connectivity index (χ3n) is 7.69. The monoisotopic (exact) mass is 627 g/mol. The molecule has 0 aliphatic carbocycles. The first-order valence-electron chi connectivity index (χ1n) is 15.6. The maximum absolute atomic E-state index is 13.2. The van der Waals surface area contributed by atoms with Gasteiger partial charge in [-0.2, -0.15) is 0 Å². The highest BCUT2D eigenvalue weighted by molar-refractivity contribution is 6.12. The van der Waals surface area contributed by atoms with Crippen molar-refractivity contribution in [2.75, 3.05) is 18.5 Å². The Hall–Kier alpha value is -5.76. The smallest absolute Gasteiger partial charge is 0.326 e. The van der Waals surface area contributed by atoms with Crippen LogP contribution >= 0.6 is 0 Å². The zero-order chi connectivity index (χ0) is 32.8. The Bertz CT molecular complexity index is 1750. The average Bonchev–Trinajstić information content (AvgIpc) is 3.11. The number of aliphatic carboxylic acids is 1. The molecule has 1 aromatic heterocycles. The molecular weight excluding hydrogens is 590 g/mol. The Balaban J connectivity index is 1.15. The molecule has 8 heteroatoms. The van der Waals surface area contributed by atoms with Gasteiger partial charge >= 0.3 is 5.97 Å². The number of aromatic nitrogens is 1. The number of hydrogen-bond donors (Lipinski definition) is 2. The Kier molecular flexibility index (Phi) is 11.5. The summed E-state index contributed by atoms with van der Waals surface area (Å²) >= 11 is 0. The number of hydrogen-bond acceptors (Lipinski definition) is 6. The molecule has 0 bridgehead atoms. The lowest BCUT2D eigenvalue weighted by atomic mass is 10.00. The van der Waals surface area contributed by atoms with E-state index in [-0.39, 0.29) is 24.5 Å². The van der Waals surface area contributed by atoms with Crippen LogP contribution in [0.1, 0.15) is 39.0 Å². The van der Waals surface area contributed by atoms with Crippen LogP contribution in [0.2, 0.25) is 0 Å². The highest BCUT2D eigenvalue weighted by Gasteiger charge is 2.21. The molecule has 4 aromatic carbocycles. The summed E-state index contributed by atoms with van der Waals surface area (Å²) in [6, 6.07) is 35.8. The van der Waals surface area contributed by atoms with Crippen molar-refractivity contribution in [1.29, 1.82) is 0 Å². The maximum Gasteiger partial charge on any atom is 0.326 e. The van der Waals surface area contributed by atoms with Gasteiger partial charge in [-0.15, -0.1) is 0 Å². The number of amides is 1. The first-order chi connectivity index (χ1) is 23.0. The molecule has 0 aliphatic heterocycles. The highest BCUT2D eigenvalue weighted by atomic mass is 16.5. The van der Waals surface area contributed by atoms with Crippen molar-refractivity contribution in [3.8, 4) is 5.75 Å². The second-order valence-corrected chi connectivity index (χ2v) is 11.2. The fraction of sp³-hybridized carbons (Fsp3) is 0.179. The predicted molar refractivity (Wildman–Crippen MR) is 181 cm³/mol. The zero-order valence-corrected chi connectivity index (χ0v) is 26.0. The normalized spacial score (nSPS) is 11.3. The average molecular weight is 628 g/mol. The van der Waals surface area contributed by atoms with Crippen LogP contribution in [0.15, 0.2) is 134 Å². The standard InChI is InChI=1S/C39H37N3O5/c43-37(26-31-13-9-22-40-27-31)42(28-30-11-3-1-4-12-30)23-10-24-47-33-20-18-29(19-21-33)25-36(39(45)46)41-35-17-8-7-16-34(35)38(44)32-14-5-2-6-15-32/h1-9,11-22,27,36,41H,10,23-26,28H2,(H,45,46)/t36-/m0/s1. The van der Waals surface area contributed by atoms with Gasteiger partial charge in [0.05, 0.1) is 13.0 Å². The number of ketones is 1. The number of carbonyl (C=O) groups excluding carboxylic acids is 2. The fourth-order valence-corrected chi connectivity index (χ4v) is 5.23. The Morgan fingerprint density at radius 1 is 0.766 bits per heavy atom. The molecule has 0 radical (unpaired) electrons.